The van der Waals surface area contributed by atoms with Gasteiger partial charge in [-0.2, -0.15) is 0 Å². The third-order valence-corrected chi connectivity index (χ3v) is 8.99. The molecule has 23 heavy (non-hydrogen) atoms. The van der Waals surface area contributed by atoms with Crippen LogP contribution in [0, 0.1) is 5.82 Å². The van der Waals surface area contributed by atoms with E-state index in [4.69, 9.17) is 16.0 Å². The van der Waals surface area contributed by atoms with Crippen LogP contribution in [0.25, 0.3) is 6.08 Å². The summed E-state index contributed by atoms with van der Waals surface area (Å²) in [6.45, 7) is 11.1. The van der Waals surface area contributed by atoms with Crippen molar-refractivity contribution in [2.45, 2.75) is 38.9 Å². The fourth-order valence-electron chi connectivity index (χ4n) is 1.68. The monoisotopic (exact) mass is 358 g/mol. The second kappa shape index (κ2) is 7.60. The van der Waals surface area contributed by atoms with Crippen LogP contribution in [0.4, 0.5) is 4.39 Å². The summed E-state index contributed by atoms with van der Waals surface area (Å²) in [6.07, 6.45) is 3.35. The van der Waals surface area contributed by atoms with E-state index in [9.17, 15) is 9.18 Å². The van der Waals surface area contributed by atoms with Crippen molar-refractivity contribution < 1.29 is 18.3 Å². The number of ether oxygens (including phenoxy) is 1. The minimum absolute atomic E-state index is 0.106. The lowest BCUT2D eigenvalue weighted by Crippen LogP contribution is -2.40. The normalized spacial score (nSPS) is 12.7. The largest absolute Gasteiger partial charge is 0.465 e. The van der Waals surface area contributed by atoms with Gasteiger partial charge in [0.15, 0.2) is 8.32 Å². The highest BCUT2D eigenvalue weighted by Crippen LogP contribution is 2.36. The summed E-state index contributed by atoms with van der Waals surface area (Å²) in [4.78, 5) is 11.8. The van der Waals surface area contributed by atoms with Crippen molar-refractivity contribution in [3.63, 3.8) is 0 Å². The third-order valence-electron chi connectivity index (χ3n) is 4.16. The predicted molar refractivity (Wildman–Crippen MR) is 94.9 cm³/mol. The van der Waals surface area contributed by atoms with Crippen molar-refractivity contribution >= 4 is 32.0 Å². The standard InChI is InChI=1S/C17H24ClFO3Si/c1-17(2,3)23(5,6)22-11-7-8-12-13(18)9-10-14(19)15(12)16(20)21-4/h7-10H,11H2,1-6H3/b8-7+. The molecule has 1 rings (SSSR count). The van der Waals surface area contributed by atoms with Gasteiger partial charge in [0.2, 0.25) is 0 Å². The van der Waals surface area contributed by atoms with E-state index < -0.39 is 20.1 Å². The molecule has 128 valence electrons. The summed E-state index contributed by atoms with van der Waals surface area (Å²) in [6, 6.07) is 2.57. The topological polar surface area (TPSA) is 35.5 Å². The second-order valence-corrected chi connectivity index (χ2v) is 12.0. The van der Waals surface area contributed by atoms with Gasteiger partial charge >= 0.3 is 5.97 Å². The van der Waals surface area contributed by atoms with Gasteiger partial charge in [0, 0.05) is 10.6 Å². The molecule has 0 aliphatic rings. The number of carbonyl (C=O) groups is 1. The molecule has 0 saturated heterocycles. The maximum Gasteiger partial charge on any atom is 0.341 e. The molecular formula is C17H24ClFO3Si. The van der Waals surface area contributed by atoms with Crippen LogP contribution < -0.4 is 0 Å². The Kier molecular flexibility index (Phi) is 6.56. The van der Waals surface area contributed by atoms with E-state index >= 15 is 0 Å². The summed E-state index contributed by atoms with van der Waals surface area (Å²) in [5.74, 6) is -1.42. The van der Waals surface area contributed by atoms with Crippen LogP contribution in [0.1, 0.15) is 36.7 Å². The summed E-state index contributed by atoms with van der Waals surface area (Å²) in [7, 11) is -0.655. The second-order valence-electron chi connectivity index (χ2n) is 6.78. The molecule has 0 heterocycles. The van der Waals surface area contributed by atoms with Crippen LogP contribution in [0.15, 0.2) is 18.2 Å². The van der Waals surface area contributed by atoms with Gasteiger partial charge in [-0.1, -0.05) is 44.5 Å². The molecule has 0 radical (unpaired) electrons. The van der Waals surface area contributed by atoms with E-state index in [0.29, 0.717) is 12.2 Å². The van der Waals surface area contributed by atoms with Crippen molar-refractivity contribution in [2.75, 3.05) is 13.7 Å². The van der Waals surface area contributed by atoms with E-state index in [0.717, 1.165) is 6.07 Å². The lowest BCUT2D eigenvalue weighted by molar-refractivity contribution is 0.0595. The van der Waals surface area contributed by atoms with Crippen LogP contribution in [0.2, 0.25) is 23.2 Å². The minimum Gasteiger partial charge on any atom is -0.465 e. The van der Waals surface area contributed by atoms with E-state index in [1.165, 1.54) is 13.2 Å². The number of esters is 1. The SMILES string of the molecule is COC(=O)c1c(F)ccc(Cl)c1/C=C/CO[Si](C)(C)C(C)(C)C. The Labute approximate surface area is 143 Å². The Hall–Kier alpha value is -1.17. The Morgan fingerprint density at radius 2 is 1.96 bits per heavy atom. The van der Waals surface area contributed by atoms with Crippen molar-refractivity contribution in [2.24, 2.45) is 0 Å². The van der Waals surface area contributed by atoms with Crippen LogP contribution in [0.3, 0.4) is 0 Å². The van der Waals surface area contributed by atoms with Gasteiger partial charge in [0.25, 0.3) is 0 Å². The highest BCUT2D eigenvalue weighted by molar-refractivity contribution is 6.74. The molecule has 0 spiro atoms. The Balaban J connectivity index is 2.98. The number of halogens is 2. The Morgan fingerprint density at radius 1 is 1.35 bits per heavy atom. The molecule has 0 amide bonds. The lowest BCUT2D eigenvalue weighted by atomic mass is 10.1. The molecule has 1 aromatic rings. The van der Waals surface area contributed by atoms with Crippen molar-refractivity contribution in [3.8, 4) is 0 Å². The first-order valence-electron chi connectivity index (χ1n) is 7.38. The first-order valence-corrected chi connectivity index (χ1v) is 10.7. The summed E-state index contributed by atoms with van der Waals surface area (Å²) < 4.78 is 24.5. The van der Waals surface area contributed by atoms with E-state index in [-0.39, 0.29) is 15.6 Å². The van der Waals surface area contributed by atoms with Crippen LogP contribution in [-0.4, -0.2) is 28.0 Å². The zero-order valence-electron chi connectivity index (χ0n) is 14.5. The average molecular weight is 359 g/mol. The third kappa shape index (κ3) is 4.90. The number of carbonyl (C=O) groups excluding carboxylic acids is 1. The molecule has 1 aromatic carbocycles. The highest BCUT2D eigenvalue weighted by Gasteiger charge is 2.36. The number of hydrogen-bond donors (Lipinski definition) is 0. The molecule has 0 atom stereocenters. The van der Waals surface area contributed by atoms with E-state index in [2.05, 4.69) is 38.6 Å². The molecule has 0 aromatic heterocycles. The predicted octanol–water partition coefficient (Wildman–Crippen LogP) is 5.30. The van der Waals surface area contributed by atoms with Gasteiger partial charge in [-0.15, -0.1) is 0 Å². The van der Waals surface area contributed by atoms with E-state index in [1.807, 2.05) is 0 Å². The average Bonchev–Trinajstić information content (AvgIpc) is 2.44. The Morgan fingerprint density at radius 3 is 2.48 bits per heavy atom. The van der Waals surface area contributed by atoms with Crippen LogP contribution >= 0.6 is 11.6 Å². The fraction of sp³-hybridized carbons (Fsp3) is 0.471. The summed E-state index contributed by atoms with van der Waals surface area (Å²) in [5, 5.41) is 0.393. The van der Waals surface area contributed by atoms with Gasteiger partial charge in [0.05, 0.1) is 13.7 Å². The molecule has 0 aliphatic heterocycles. The number of methoxy groups -OCH3 is 1. The molecular weight excluding hydrogens is 335 g/mol. The van der Waals surface area contributed by atoms with Gasteiger partial charge in [0.1, 0.15) is 11.4 Å². The molecule has 0 N–H and O–H groups in total. The number of benzene rings is 1. The first-order chi connectivity index (χ1) is 10.5. The summed E-state index contributed by atoms with van der Waals surface area (Å²) in [5.41, 5.74) is 0.140. The highest BCUT2D eigenvalue weighted by atomic mass is 35.5. The molecule has 0 fully saturated rings. The Bertz CT molecular complexity index is 607. The molecule has 0 unspecified atom stereocenters. The quantitative estimate of drug-likeness (QED) is 0.529. The lowest BCUT2D eigenvalue weighted by Gasteiger charge is -2.35. The first kappa shape index (κ1) is 19.9. The van der Waals surface area contributed by atoms with Crippen molar-refractivity contribution in [3.05, 3.63) is 40.2 Å². The van der Waals surface area contributed by atoms with Gasteiger partial charge in [-0.3, -0.25) is 0 Å². The zero-order valence-corrected chi connectivity index (χ0v) is 16.3. The molecule has 0 bridgehead atoms. The molecule has 3 nitrogen and oxygen atoms in total. The summed E-state index contributed by atoms with van der Waals surface area (Å²) >= 11 is 6.09. The van der Waals surface area contributed by atoms with Crippen molar-refractivity contribution in [1.82, 2.24) is 0 Å². The number of rotatable bonds is 5. The molecule has 0 saturated carbocycles. The van der Waals surface area contributed by atoms with Gasteiger partial charge in [-0.05, 0) is 30.3 Å². The molecule has 0 aliphatic carbocycles. The van der Waals surface area contributed by atoms with Crippen LogP contribution in [-0.2, 0) is 9.16 Å². The van der Waals surface area contributed by atoms with E-state index in [1.54, 1.807) is 12.2 Å². The smallest absolute Gasteiger partial charge is 0.341 e. The minimum atomic E-state index is -1.86. The number of hydrogen-bond acceptors (Lipinski definition) is 3. The van der Waals surface area contributed by atoms with Crippen molar-refractivity contribution in [1.29, 1.82) is 0 Å². The maximum absolute atomic E-state index is 13.9. The maximum atomic E-state index is 13.9. The van der Waals surface area contributed by atoms with Crippen LogP contribution in [0.5, 0.6) is 0 Å². The molecule has 6 heteroatoms. The fourth-order valence-corrected chi connectivity index (χ4v) is 2.85. The zero-order chi connectivity index (χ0) is 17.8. The van der Waals surface area contributed by atoms with Gasteiger partial charge in [-0.25, -0.2) is 9.18 Å². The van der Waals surface area contributed by atoms with Gasteiger partial charge < -0.3 is 9.16 Å².